The average molecular weight is 324 g/mol. The lowest BCUT2D eigenvalue weighted by atomic mass is 10.3. The molecule has 1 aromatic carbocycles. The zero-order valence-electron chi connectivity index (χ0n) is 9.25. The van der Waals surface area contributed by atoms with Gasteiger partial charge in [0, 0.05) is 15.6 Å². The third kappa shape index (κ3) is 3.02. The van der Waals surface area contributed by atoms with Crippen LogP contribution in [0.15, 0.2) is 62.1 Å². The van der Waals surface area contributed by atoms with Crippen molar-refractivity contribution in [2.45, 2.75) is 9.92 Å². The van der Waals surface area contributed by atoms with Crippen molar-refractivity contribution >= 4 is 33.5 Å². The standard InChI is InChI=1S/C12H10BrN3OS/c13-8-3-1-4-9(7-8)18-12-10(11(14)16-17)5-2-6-15-12/h1-7,17H,(H2,14,16). The van der Waals surface area contributed by atoms with E-state index in [1.165, 1.54) is 11.8 Å². The fraction of sp³-hybridized carbons (Fsp3) is 0. The van der Waals surface area contributed by atoms with Crippen molar-refractivity contribution in [2.24, 2.45) is 10.9 Å². The molecule has 0 saturated carbocycles. The van der Waals surface area contributed by atoms with Gasteiger partial charge in [-0.2, -0.15) is 0 Å². The Morgan fingerprint density at radius 3 is 2.89 bits per heavy atom. The molecule has 0 aliphatic heterocycles. The summed E-state index contributed by atoms with van der Waals surface area (Å²) in [6.07, 6.45) is 1.68. The van der Waals surface area contributed by atoms with E-state index in [2.05, 4.69) is 26.1 Å². The van der Waals surface area contributed by atoms with E-state index in [4.69, 9.17) is 10.9 Å². The van der Waals surface area contributed by atoms with Crippen molar-refractivity contribution < 1.29 is 5.21 Å². The summed E-state index contributed by atoms with van der Waals surface area (Å²) >= 11 is 4.87. The molecule has 0 fully saturated rings. The number of nitrogens with two attached hydrogens (primary N) is 1. The first-order valence-electron chi connectivity index (χ1n) is 5.07. The van der Waals surface area contributed by atoms with Crippen LogP contribution in [0.2, 0.25) is 0 Å². The summed E-state index contributed by atoms with van der Waals surface area (Å²) in [4.78, 5) is 5.27. The number of nitrogens with zero attached hydrogens (tertiary/aromatic N) is 2. The first-order chi connectivity index (χ1) is 8.70. The second kappa shape index (κ2) is 5.88. The van der Waals surface area contributed by atoms with Gasteiger partial charge in [-0.1, -0.05) is 38.9 Å². The second-order valence-electron chi connectivity index (χ2n) is 3.40. The van der Waals surface area contributed by atoms with Gasteiger partial charge in [0.05, 0.1) is 5.56 Å². The monoisotopic (exact) mass is 323 g/mol. The molecule has 0 spiro atoms. The van der Waals surface area contributed by atoms with Crippen LogP contribution in [0, 0.1) is 0 Å². The number of pyridine rings is 1. The van der Waals surface area contributed by atoms with E-state index in [0.717, 1.165) is 9.37 Å². The maximum Gasteiger partial charge on any atom is 0.172 e. The first kappa shape index (κ1) is 12.9. The van der Waals surface area contributed by atoms with E-state index in [0.29, 0.717) is 10.6 Å². The molecule has 0 amide bonds. The second-order valence-corrected chi connectivity index (χ2v) is 5.38. The number of aromatic nitrogens is 1. The predicted octanol–water partition coefficient (Wildman–Crippen LogP) is 3.09. The molecule has 2 rings (SSSR count). The van der Waals surface area contributed by atoms with Crippen LogP contribution in [0.4, 0.5) is 0 Å². The van der Waals surface area contributed by atoms with E-state index in [1.807, 2.05) is 24.3 Å². The van der Waals surface area contributed by atoms with Crippen molar-refractivity contribution in [1.82, 2.24) is 4.98 Å². The number of hydrogen-bond donors (Lipinski definition) is 2. The summed E-state index contributed by atoms with van der Waals surface area (Å²) in [5, 5.41) is 12.5. The zero-order chi connectivity index (χ0) is 13.0. The maximum absolute atomic E-state index is 8.74. The lowest BCUT2D eigenvalue weighted by Crippen LogP contribution is -2.14. The van der Waals surface area contributed by atoms with Crippen molar-refractivity contribution in [2.75, 3.05) is 0 Å². The topological polar surface area (TPSA) is 71.5 Å². The van der Waals surface area contributed by atoms with E-state index in [9.17, 15) is 0 Å². The quantitative estimate of drug-likeness (QED) is 0.394. The molecule has 0 aliphatic carbocycles. The molecule has 3 N–H and O–H groups in total. The third-order valence-corrected chi connectivity index (χ3v) is 3.67. The fourth-order valence-electron chi connectivity index (χ4n) is 1.36. The number of oxime groups is 1. The lowest BCUT2D eigenvalue weighted by Gasteiger charge is -2.06. The predicted molar refractivity (Wildman–Crippen MR) is 75.0 cm³/mol. The van der Waals surface area contributed by atoms with Crippen LogP contribution >= 0.6 is 27.7 Å². The van der Waals surface area contributed by atoms with Crippen molar-refractivity contribution in [3.8, 4) is 0 Å². The molecule has 1 aromatic heterocycles. The SMILES string of the molecule is NC(=NO)c1cccnc1Sc1cccc(Br)c1. The van der Waals surface area contributed by atoms with E-state index in [-0.39, 0.29) is 5.84 Å². The molecule has 92 valence electrons. The number of benzene rings is 1. The van der Waals surface area contributed by atoms with Gasteiger partial charge in [0.1, 0.15) is 5.03 Å². The Morgan fingerprint density at radius 2 is 2.17 bits per heavy atom. The maximum atomic E-state index is 8.74. The number of halogens is 1. The largest absolute Gasteiger partial charge is 0.409 e. The summed E-state index contributed by atoms with van der Waals surface area (Å²) in [5.41, 5.74) is 6.23. The Bertz CT molecular complexity index is 589. The summed E-state index contributed by atoms with van der Waals surface area (Å²) in [6.45, 7) is 0. The van der Waals surface area contributed by atoms with Gasteiger partial charge in [-0.15, -0.1) is 0 Å². The molecule has 0 bridgehead atoms. The Hall–Kier alpha value is -1.53. The van der Waals surface area contributed by atoms with Crippen LogP contribution in [0.1, 0.15) is 5.56 Å². The number of hydrogen-bond acceptors (Lipinski definition) is 4. The summed E-state index contributed by atoms with van der Waals surface area (Å²) in [7, 11) is 0. The molecule has 0 atom stereocenters. The van der Waals surface area contributed by atoms with Crippen LogP contribution in [-0.2, 0) is 0 Å². The number of rotatable bonds is 3. The van der Waals surface area contributed by atoms with Gasteiger partial charge in [-0.05, 0) is 30.3 Å². The highest BCUT2D eigenvalue weighted by molar-refractivity contribution is 9.10. The highest BCUT2D eigenvalue weighted by Gasteiger charge is 2.09. The van der Waals surface area contributed by atoms with Crippen molar-refractivity contribution in [3.63, 3.8) is 0 Å². The Kier molecular flexibility index (Phi) is 4.22. The Morgan fingerprint density at radius 1 is 1.33 bits per heavy atom. The Labute approximate surface area is 117 Å². The molecule has 0 aliphatic rings. The van der Waals surface area contributed by atoms with Gasteiger partial charge < -0.3 is 10.9 Å². The van der Waals surface area contributed by atoms with Crippen molar-refractivity contribution in [3.05, 3.63) is 52.6 Å². The average Bonchev–Trinajstić information content (AvgIpc) is 2.38. The molecule has 6 heteroatoms. The molecule has 0 radical (unpaired) electrons. The minimum absolute atomic E-state index is 0.0561. The summed E-state index contributed by atoms with van der Waals surface area (Å²) in [5.74, 6) is 0.0561. The van der Waals surface area contributed by atoms with Crippen LogP contribution < -0.4 is 5.73 Å². The zero-order valence-corrected chi connectivity index (χ0v) is 11.6. The normalized spacial score (nSPS) is 11.5. The minimum Gasteiger partial charge on any atom is -0.409 e. The lowest BCUT2D eigenvalue weighted by molar-refractivity contribution is 0.318. The first-order valence-corrected chi connectivity index (χ1v) is 6.68. The molecule has 18 heavy (non-hydrogen) atoms. The highest BCUT2D eigenvalue weighted by Crippen LogP contribution is 2.30. The molecule has 1 heterocycles. The van der Waals surface area contributed by atoms with Gasteiger partial charge >= 0.3 is 0 Å². The van der Waals surface area contributed by atoms with E-state index < -0.39 is 0 Å². The van der Waals surface area contributed by atoms with Gasteiger partial charge in [-0.25, -0.2) is 4.98 Å². The molecule has 0 saturated heterocycles. The molecule has 0 unspecified atom stereocenters. The fourth-order valence-corrected chi connectivity index (χ4v) is 2.87. The van der Waals surface area contributed by atoms with Crippen LogP contribution in [0.5, 0.6) is 0 Å². The summed E-state index contributed by atoms with van der Waals surface area (Å²) < 4.78 is 0.994. The molecule has 2 aromatic rings. The summed E-state index contributed by atoms with van der Waals surface area (Å²) in [6, 6.07) is 11.4. The van der Waals surface area contributed by atoms with Gasteiger partial charge in [0.2, 0.25) is 0 Å². The van der Waals surface area contributed by atoms with Crippen LogP contribution in [0.3, 0.4) is 0 Å². The number of amidine groups is 1. The third-order valence-electron chi connectivity index (χ3n) is 2.17. The van der Waals surface area contributed by atoms with Gasteiger partial charge in [0.15, 0.2) is 5.84 Å². The van der Waals surface area contributed by atoms with E-state index >= 15 is 0 Å². The minimum atomic E-state index is 0.0561. The van der Waals surface area contributed by atoms with Crippen LogP contribution in [0.25, 0.3) is 0 Å². The van der Waals surface area contributed by atoms with Gasteiger partial charge in [-0.3, -0.25) is 0 Å². The van der Waals surface area contributed by atoms with Crippen LogP contribution in [-0.4, -0.2) is 16.0 Å². The smallest absolute Gasteiger partial charge is 0.172 e. The van der Waals surface area contributed by atoms with Crippen molar-refractivity contribution in [1.29, 1.82) is 0 Å². The van der Waals surface area contributed by atoms with E-state index in [1.54, 1.807) is 18.3 Å². The molecule has 4 nitrogen and oxygen atoms in total. The molecular weight excluding hydrogens is 314 g/mol. The molecular formula is C12H10BrN3OS. The Balaban J connectivity index is 2.35. The van der Waals surface area contributed by atoms with Gasteiger partial charge in [0.25, 0.3) is 0 Å². The highest BCUT2D eigenvalue weighted by atomic mass is 79.9.